The van der Waals surface area contributed by atoms with Crippen molar-refractivity contribution in [3.05, 3.63) is 77.6 Å². The second kappa shape index (κ2) is 12.6. The number of ether oxygens (including phenoxy) is 2. The Kier molecular flexibility index (Phi) is 8.46. The zero-order chi connectivity index (χ0) is 28.9. The van der Waals surface area contributed by atoms with Crippen LogP contribution < -0.4 is 15.0 Å². The van der Waals surface area contributed by atoms with E-state index in [4.69, 9.17) is 9.47 Å². The lowest BCUT2D eigenvalue weighted by Crippen LogP contribution is -2.57. The molecule has 2 fully saturated rings. The molecule has 218 valence electrons. The molecule has 1 amide bonds. The summed E-state index contributed by atoms with van der Waals surface area (Å²) in [5, 5.41) is 13.4. The highest BCUT2D eigenvalue weighted by Crippen LogP contribution is 2.41. The molecule has 1 spiro atoms. The Morgan fingerprint density at radius 1 is 1.10 bits per heavy atom. The highest BCUT2D eigenvalue weighted by molar-refractivity contribution is 7.13. The number of nitrogens with zero attached hydrogens (tertiary/aromatic N) is 5. The van der Waals surface area contributed by atoms with Crippen LogP contribution in [-0.2, 0) is 4.74 Å². The smallest absolute Gasteiger partial charge is 0.275 e. The minimum atomic E-state index is -0.257. The monoisotopic (exact) mass is 584 g/mol. The summed E-state index contributed by atoms with van der Waals surface area (Å²) in [5.74, 6) is 1.27. The number of morpholine rings is 1. The van der Waals surface area contributed by atoms with Crippen LogP contribution in [0.15, 0.2) is 66.3 Å². The fourth-order valence-corrected chi connectivity index (χ4v) is 6.66. The number of anilines is 2. The third-order valence-corrected chi connectivity index (χ3v) is 8.93. The number of hydrogen-bond donors (Lipinski definition) is 1. The number of nitrogens with one attached hydrogen (secondary N) is 1. The molecular formula is C32H36N6O3S. The maximum atomic E-state index is 13.5. The van der Waals surface area contributed by atoms with Gasteiger partial charge in [-0.2, -0.15) is 10.2 Å². The van der Waals surface area contributed by atoms with Crippen LogP contribution in [-0.4, -0.2) is 70.9 Å². The SMILES string of the molecule is CCCN1CCC2(CC1)CN(c1c(NC(=O)c3csc(-c4ccnnc4)n3)ccc(Oc3ccccc3)c1C)CCO2. The lowest BCUT2D eigenvalue weighted by atomic mass is 9.88. The number of thiazole rings is 1. The molecule has 6 rings (SSSR count). The topological polar surface area (TPSA) is 92.7 Å². The summed E-state index contributed by atoms with van der Waals surface area (Å²) in [5.41, 5.74) is 3.66. The van der Waals surface area contributed by atoms with Crippen LogP contribution in [0.5, 0.6) is 11.5 Å². The summed E-state index contributed by atoms with van der Waals surface area (Å²) >= 11 is 1.41. The zero-order valence-corrected chi connectivity index (χ0v) is 24.9. The Bertz CT molecular complexity index is 1510. The van der Waals surface area contributed by atoms with Crippen molar-refractivity contribution in [1.82, 2.24) is 20.1 Å². The number of para-hydroxylation sites is 1. The van der Waals surface area contributed by atoms with Crippen LogP contribution in [0.25, 0.3) is 10.6 Å². The molecule has 0 unspecified atom stereocenters. The van der Waals surface area contributed by atoms with Gasteiger partial charge in [-0.3, -0.25) is 4.79 Å². The van der Waals surface area contributed by atoms with Gasteiger partial charge in [0, 0.05) is 42.7 Å². The van der Waals surface area contributed by atoms with Gasteiger partial charge in [-0.1, -0.05) is 25.1 Å². The van der Waals surface area contributed by atoms with Gasteiger partial charge in [0.15, 0.2) is 0 Å². The van der Waals surface area contributed by atoms with Crippen molar-refractivity contribution in [3.8, 4) is 22.1 Å². The maximum absolute atomic E-state index is 13.5. The van der Waals surface area contributed by atoms with Crippen molar-refractivity contribution in [3.63, 3.8) is 0 Å². The highest BCUT2D eigenvalue weighted by Gasteiger charge is 2.40. The number of carbonyl (C=O) groups is 1. The quantitative estimate of drug-likeness (QED) is 0.268. The van der Waals surface area contributed by atoms with E-state index in [1.54, 1.807) is 17.8 Å². The summed E-state index contributed by atoms with van der Waals surface area (Å²) in [6.07, 6.45) is 6.42. The van der Waals surface area contributed by atoms with Crippen molar-refractivity contribution < 1.29 is 14.3 Å². The van der Waals surface area contributed by atoms with Crippen molar-refractivity contribution in [2.45, 2.75) is 38.7 Å². The van der Waals surface area contributed by atoms with E-state index in [1.807, 2.05) is 48.5 Å². The second-order valence-electron chi connectivity index (χ2n) is 10.9. The van der Waals surface area contributed by atoms with E-state index >= 15 is 0 Å². The number of likely N-dealkylation sites (tertiary alicyclic amines) is 1. The molecule has 10 heteroatoms. The van der Waals surface area contributed by atoms with E-state index in [9.17, 15) is 4.79 Å². The Hall–Kier alpha value is -3.86. The second-order valence-corrected chi connectivity index (χ2v) is 11.8. The van der Waals surface area contributed by atoms with Crippen molar-refractivity contribution in [2.24, 2.45) is 0 Å². The molecule has 0 radical (unpaired) electrons. The molecule has 1 N–H and O–H groups in total. The van der Waals surface area contributed by atoms with Gasteiger partial charge in [0.05, 0.1) is 36.0 Å². The van der Waals surface area contributed by atoms with Crippen molar-refractivity contribution in [2.75, 3.05) is 49.5 Å². The van der Waals surface area contributed by atoms with Crippen LogP contribution in [0.2, 0.25) is 0 Å². The van der Waals surface area contributed by atoms with Gasteiger partial charge in [0.1, 0.15) is 22.2 Å². The average Bonchev–Trinajstić information content (AvgIpc) is 3.52. The number of amides is 1. The molecule has 2 aromatic carbocycles. The third-order valence-electron chi connectivity index (χ3n) is 8.04. The van der Waals surface area contributed by atoms with E-state index in [2.05, 4.69) is 44.1 Å². The Balaban J connectivity index is 1.29. The van der Waals surface area contributed by atoms with Gasteiger partial charge in [0.25, 0.3) is 5.91 Å². The van der Waals surface area contributed by atoms with Crippen LogP contribution in [0.4, 0.5) is 11.4 Å². The first-order chi connectivity index (χ1) is 20.5. The van der Waals surface area contributed by atoms with E-state index < -0.39 is 0 Å². The summed E-state index contributed by atoms with van der Waals surface area (Å²) < 4.78 is 12.8. The summed E-state index contributed by atoms with van der Waals surface area (Å²) in [6, 6.07) is 15.5. The minimum Gasteiger partial charge on any atom is -0.457 e. The van der Waals surface area contributed by atoms with Crippen molar-refractivity contribution >= 4 is 28.6 Å². The zero-order valence-electron chi connectivity index (χ0n) is 24.1. The Morgan fingerprint density at radius 3 is 2.69 bits per heavy atom. The molecule has 0 aliphatic carbocycles. The minimum absolute atomic E-state index is 0.200. The molecule has 9 nitrogen and oxygen atoms in total. The lowest BCUT2D eigenvalue weighted by Gasteiger charge is -2.48. The van der Waals surface area contributed by atoms with Crippen LogP contribution in [0.3, 0.4) is 0 Å². The molecule has 2 aliphatic rings. The normalized spacial score (nSPS) is 16.9. The molecule has 2 aromatic heterocycles. The summed E-state index contributed by atoms with van der Waals surface area (Å²) in [6.45, 7) is 9.64. The molecule has 2 saturated heterocycles. The number of piperidine rings is 1. The van der Waals surface area contributed by atoms with Gasteiger partial charge in [0.2, 0.25) is 0 Å². The number of aromatic nitrogens is 3. The number of carbonyl (C=O) groups excluding carboxylic acids is 1. The number of benzene rings is 2. The van der Waals surface area contributed by atoms with Gasteiger partial charge >= 0.3 is 0 Å². The largest absolute Gasteiger partial charge is 0.457 e. The predicted octanol–water partition coefficient (Wildman–Crippen LogP) is 6.03. The summed E-state index contributed by atoms with van der Waals surface area (Å²) in [4.78, 5) is 23.0. The van der Waals surface area contributed by atoms with Crippen LogP contribution >= 0.6 is 11.3 Å². The highest BCUT2D eigenvalue weighted by atomic mass is 32.1. The third kappa shape index (κ3) is 6.16. The molecule has 0 bridgehead atoms. The van der Waals surface area contributed by atoms with E-state index in [0.29, 0.717) is 12.3 Å². The van der Waals surface area contributed by atoms with E-state index in [0.717, 1.165) is 91.0 Å². The van der Waals surface area contributed by atoms with Gasteiger partial charge in [-0.25, -0.2) is 4.98 Å². The summed E-state index contributed by atoms with van der Waals surface area (Å²) in [7, 11) is 0. The first kappa shape index (κ1) is 28.3. The first-order valence-corrected chi connectivity index (χ1v) is 15.4. The molecule has 0 saturated carbocycles. The lowest BCUT2D eigenvalue weighted by molar-refractivity contribution is -0.0910. The first-order valence-electron chi connectivity index (χ1n) is 14.6. The Morgan fingerprint density at radius 2 is 1.93 bits per heavy atom. The van der Waals surface area contributed by atoms with Crippen LogP contribution in [0, 0.1) is 6.92 Å². The number of hydrogen-bond acceptors (Lipinski definition) is 9. The van der Waals surface area contributed by atoms with Gasteiger partial charge < -0.3 is 24.6 Å². The molecule has 0 atom stereocenters. The standard InChI is InChI=1S/C32H36N6O3S/c1-3-15-37-16-12-32(13-17-37)22-38(18-19-40-32)29-23(2)28(41-25-7-5-4-6-8-25)10-9-26(29)35-30(39)27-21-42-31(36-27)24-11-14-33-34-20-24/h4-11,14,20-21H,3,12-13,15-19,22H2,1-2H3,(H,35,39). The molecule has 4 heterocycles. The fraction of sp³-hybridized carbons (Fsp3) is 0.375. The average molecular weight is 585 g/mol. The van der Waals surface area contributed by atoms with Gasteiger partial charge in [-0.05, 0) is 63.1 Å². The van der Waals surface area contributed by atoms with Gasteiger partial charge in [-0.15, -0.1) is 11.3 Å². The van der Waals surface area contributed by atoms with Crippen LogP contribution in [0.1, 0.15) is 42.2 Å². The molecule has 4 aromatic rings. The van der Waals surface area contributed by atoms with E-state index in [1.165, 1.54) is 11.3 Å². The molecule has 42 heavy (non-hydrogen) atoms. The van der Waals surface area contributed by atoms with E-state index in [-0.39, 0.29) is 11.5 Å². The fourth-order valence-electron chi connectivity index (χ4n) is 5.87. The molecular weight excluding hydrogens is 548 g/mol. The van der Waals surface area contributed by atoms with Crippen molar-refractivity contribution in [1.29, 1.82) is 0 Å². The molecule has 2 aliphatic heterocycles. The maximum Gasteiger partial charge on any atom is 0.275 e. The number of rotatable bonds is 8. The Labute approximate surface area is 250 Å². The predicted molar refractivity (Wildman–Crippen MR) is 166 cm³/mol.